The van der Waals surface area contributed by atoms with Crippen LogP contribution in [-0.4, -0.2) is 35.0 Å². The molecule has 0 unspecified atom stereocenters. The SMILES string of the molecule is O=C(Cn1ccnc1)Nc1nc2ccc(-c3ccnc(F)c3F)cn2n1. The summed E-state index contributed by atoms with van der Waals surface area (Å²) in [6.45, 7) is 0.0717. The van der Waals surface area contributed by atoms with E-state index in [4.69, 9.17) is 0 Å². The van der Waals surface area contributed by atoms with Crippen molar-refractivity contribution in [2.75, 3.05) is 5.32 Å². The molecule has 1 amide bonds. The molecule has 1 N–H and O–H groups in total. The number of anilines is 1. The Balaban J connectivity index is 1.59. The topological polar surface area (TPSA) is 90.0 Å². The van der Waals surface area contributed by atoms with Gasteiger partial charge in [-0.05, 0) is 18.2 Å². The number of nitrogens with one attached hydrogen (secondary N) is 1. The number of hydrogen-bond acceptors (Lipinski definition) is 5. The monoisotopic (exact) mass is 355 g/mol. The summed E-state index contributed by atoms with van der Waals surface area (Å²) >= 11 is 0. The van der Waals surface area contributed by atoms with Crippen molar-refractivity contribution in [3.8, 4) is 11.1 Å². The molecule has 0 spiro atoms. The van der Waals surface area contributed by atoms with Crippen molar-refractivity contribution < 1.29 is 13.6 Å². The molecule has 0 saturated heterocycles. The van der Waals surface area contributed by atoms with Gasteiger partial charge in [0.1, 0.15) is 6.54 Å². The first-order valence-corrected chi connectivity index (χ1v) is 7.52. The third-order valence-corrected chi connectivity index (χ3v) is 3.63. The lowest BCUT2D eigenvalue weighted by Gasteiger charge is -2.03. The van der Waals surface area contributed by atoms with Gasteiger partial charge in [-0.2, -0.15) is 9.37 Å². The van der Waals surface area contributed by atoms with E-state index in [9.17, 15) is 13.6 Å². The number of aromatic nitrogens is 6. The molecule has 4 aromatic rings. The third kappa shape index (κ3) is 2.99. The fourth-order valence-corrected chi connectivity index (χ4v) is 2.45. The predicted molar refractivity (Wildman–Crippen MR) is 87.0 cm³/mol. The molecule has 4 rings (SSSR count). The van der Waals surface area contributed by atoms with E-state index in [0.29, 0.717) is 11.2 Å². The van der Waals surface area contributed by atoms with E-state index in [-0.39, 0.29) is 24.0 Å². The number of hydrogen-bond donors (Lipinski definition) is 1. The van der Waals surface area contributed by atoms with Gasteiger partial charge in [0.2, 0.25) is 17.8 Å². The second-order valence-corrected chi connectivity index (χ2v) is 5.40. The highest BCUT2D eigenvalue weighted by molar-refractivity contribution is 5.89. The summed E-state index contributed by atoms with van der Waals surface area (Å²) in [6.07, 6.45) is 7.42. The molecule has 130 valence electrons. The molecular weight excluding hydrogens is 344 g/mol. The molecule has 0 aromatic carbocycles. The standard InChI is InChI=1S/C16H11F2N7O/c17-14-11(3-4-20-15(14)18)10-1-2-12-21-16(23-25(12)7-10)22-13(26)8-24-6-5-19-9-24/h1-7,9H,8H2,(H,22,23,26). The molecule has 10 heteroatoms. The first kappa shape index (κ1) is 15.8. The zero-order valence-corrected chi connectivity index (χ0v) is 13.2. The number of carbonyl (C=O) groups excluding carboxylic acids is 1. The van der Waals surface area contributed by atoms with Crippen LogP contribution < -0.4 is 5.32 Å². The number of fused-ring (bicyclic) bond motifs is 1. The fourth-order valence-electron chi connectivity index (χ4n) is 2.45. The molecule has 0 atom stereocenters. The molecule has 0 radical (unpaired) electrons. The van der Waals surface area contributed by atoms with Gasteiger partial charge in [-0.1, -0.05) is 0 Å². The van der Waals surface area contributed by atoms with Crippen molar-refractivity contribution in [1.82, 2.24) is 29.1 Å². The quantitative estimate of drug-likeness (QED) is 0.565. The summed E-state index contributed by atoms with van der Waals surface area (Å²) in [5.74, 6) is -2.43. The van der Waals surface area contributed by atoms with Gasteiger partial charge in [-0.25, -0.2) is 18.9 Å². The molecule has 26 heavy (non-hydrogen) atoms. The second-order valence-electron chi connectivity index (χ2n) is 5.40. The van der Waals surface area contributed by atoms with E-state index in [1.807, 2.05) is 0 Å². The number of halogens is 2. The van der Waals surface area contributed by atoms with E-state index >= 15 is 0 Å². The van der Waals surface area contributed by atoms with Gasteiger partial charge < -0.3 is 4.57 Å². The number of amides is 1. The summed E-state index contributed by atoms with van der Waals surface area (Å²) in [4.78, 5) is 23.3. The Bertz CT molecular complexity index is 1090. The average molecular weight is 355 g/mol. The third-order valence-electron chi connectivity index (χ3n) is 3.63. The highest BCUT2D eigenvalue weighted by Crippen LogP contribution is 2.23. The Kier molecular flexibility index (Phi) is 3.84. The summed E-state index contributed by atoms with van der Waals surface area (Å²) in [7, 11) is 0. The van der Waals surface area contributed by atoms with Crippen molar-refractivity contribution in [3.05, 3.63) is 61.1 Å². The molecule has 4 aromatic heterocycles. The largest absolute Gasteiger partial charge is 0.328 e. The van der Waals surface area contributed by atoms with Crippen LogP contribution in [0.25, 0.3) is 16.8 Å². The number of imidazole rings is 1. The Morgan fingerprint density at radius 3 is 2.88 bits per heavy atom. The molecule has 8 nitrogen and oxygen atoms in total. The lowest BCUT2D eigenvalue weighted by molar-refractivity contribution is -0.116. The minimum atomic E-state index is -1.17. The molecule has 0 fully saturated rings. The zero-order valence-electron chi connectivity index (χ0n) is 13.2. The maximum atomic E-state index is 13.9. The van der Waals surface area contributed by atoms with Crippen LogP contribution in [0.1, 0.15) is 0 Å². The molecule has 0 aliphatic carbocycles. The lowest BCUT2D eigenvalue weighted by atomic mass is 10.1. The summed E-state index contributed by atoms with van der Waals surface area (Å²) in [5.41, 5.74) is 0.903. The number of carbonyl (C=O) groups is 1. The van der Waals surface area contributed by atoms with Gasteiger partial charge in [0.15, 0.2) is 11.5 Å². The summed E-state index contributed by atoms with van der Waals surface area (Å²) in [6, 6.07) is 4.54. The zero-order chi connectivity index (χ0) is 18.1. The Morgan fingerprint density at radius 1 is 1.19 bits per heavy atom. The lowest BCUT2D eigenvalue weighted by Crippen LogP contribution is -2.18. The Morgan fingerprint density at radius 2 is 2.08 bits per heavy atom. The van der Waals surface area contributed by atoms with Crippen LogP contribution in [0.15, 0.2) is 49.3 Å². The van der Waals surface area contributed by atoms with E-state index < -0.39 is 11.8 Å². The van der Waals surface area contributed by atoms with Gasteiger partial charge in [0, 0.05) is 35.9 Å². The number of rotatable bonds is 4. The first-order valence-electron chi connectivity index (χ1n) is 7.52. The normalized spacial score (nSPS) is 11.0. The van der Waals surface area contributed by atoms with Gasteiger partial charge in [-0.3, -0.25) is 10.1 Å². The minimum Gasteiger partial charge on any atom is -0.328 e. The van der Waals surface area contributed by atoms with E-state index in [1.165, 1.54) is 29.3 Å². The van der Waals surface area contributed by atoms with Gasteiger partial charge >= 0.3 is 0 Å². The second kappa shape index (κ2) is 6.31. The van der Waals surface area contributed by atoms with Crippen molar-refractivity contribution in [1.29, 1.82) is 0 Å². The van der Waals surface area contributed by atoms with E-state index in [1.54, 1.807) is 29.1 Å². The predicted octanol–water partition coefficient (Wildman–Crippen LogP) is 1.90. The summed E-state index contributed by atoms with van der Waals surface area (Å²) in [5, 5.41) is 6.71. The van der Waals surface area contributed by atoms with Crippen molar-refractivity contribution in [3.63, 3.8) is 0 Å². The molecule has 0 aliphatic heterocycles. The van der Waals surface area contributed by atoms with Gasteiger partial charge in [-0.15, -0.1) is 5.10 Å². The smallest absolute Gasteiger partial charge is 0.249 e. The van der Waals surface area contributed by atoms with Crippen LogP contribution in [0.2, 0.25) is 0 Å². The maximum Gasteiger partial charge on any atom is 0.249 e. The number of nitrogens with zero attached hydrogens (tertiary/aromatic N) is 6. The molecule has 4 heterocycles. The highest BCUT2D eigenvalue weighted by atomic mass is 19.2. The Labute approximate surface area is 145 Å². The number of pyridine rings is 2. The average Bonchev–Trinajstić information content (AvgIpc) is 3.25. The van der Waals surface area contributed by atoms with Crippen molar-refractivity contribution in [2.24, 2.45) is 0 Å². The van der Waals surface area contributed by atoms with E-state index in [0.717, 1.165) is 0 Å². The van der Waals surface area contributed by atoms with Crippen molar-refractivity contribution >= 4 is 17.5 Å². The van der Waals surface area contributed by atoms with E-state index in [2.05, 4.69) is 25.4 Å². The van der Waals surface area contributed by atoms with Crippen LogP contribution in [0, 0.1) is 11.8 Å². The maximum absolute atomic E-state index is 13.9. The highest BCUT2D eigenvalue weighted by Gasteiger charge is 2.13. The molecule has 0 saturated carbocycles. The van der Waals surface area contributed by atoms with Crippen LogP contribution in [0.5, 0.6) is 0 Å². The minimum absolute atomic E-state index is 0.0561. The molecule has 0 bridgehead atoms. The van der Waals surface area contributed by atoms with Crippen LogP contribution >= 0.6 is 0 Å². The molecular formula is C16H11F2N7O. The van der Waals surface area contributed by atoms with Crippen LogP contribution in [0.4, 0.5) is 14.7 Å². The molecule has 0 aliphatic rings. The summed E-state index contributed by atoms with van der Waals surface area (Å²) < 4.78 is 30.2. The van der Waals surface area contributed by atoms with Gasteiger partial charge in [0.25, 0.3) is 0 Å². The first-order chi connectivity index (χ1) is 12.6. The van der Waals surface area contributed by atoms with Crippen LogP contribution in [-0.2, 0) is 11.3 Å². The fraction of sp³-hybridized carbons (Fsp3) is 0.0625. The van der Waals surface area contributed by atoms with Crippen molar-refractivity contribution in [2.45, 2.75) is 6.54 Å². The van der Waals surface area contributed by atoms with Crippen LogP contribution in [0.3, 0.4) is 0 Å². The Hall–Kier alpha value is -3.69. The van der Waals surface area contributed by atoms with Gasteiger partial charge in [0.05, 0.1) is 6.33 Å².